The fourth-order valence-electron chi connectivity index (χ4n) is 2.11. The molecule has 0 radical (unpaired) electrons. The molecule has 0 saturated carbocycles. The van der Waals surface area contributed by atoms with E-state index in [1.165, 1.54) is 7.11 Å². The van der Waals surface area contributed by atoms with Gasteiger partial charge in [-0.05, 0) is 24.6 Å². The molecule has 0 heterocycles. The minimum Gasteiger partial charge on any atom is -0.468 e. The summed E-state index contributed by atoms with van der Waals surface area (Å²) in [6, 6.07) is 16.7. The number of aryl methyl sites for hydroxylation is 1. The molecule has 3 heteroatoms. The van der Waals surface area contributed by atoms with Gasteiger partial charge in [-0.2, -0.15) is 0 Å². The van der Waals surface area contributed by atoms with Crippen LogP contribution in [0.15, 0.2) is 54.6 Å². The zero-order valence-corrected chi connectivity index (χ0v) is 12.6. The first kappa shape index (κ1) is 15.8. The van der Waals surface area contributed by atoms with Gasteiger partial charge in [0.1, 0.15) is 12.0 Å². The van der Waals surface area contributed by atoms with Crippen LogP contribution in [0.1, 0.15) is 22.6 Å². The summed E-state index contributed by atoms with van der Waals surface area (Å²) >= 11 is 0. The zero-order valence-electron chi connectivity index (χ0n) is 12.6. The SMILES string of the molecule is COC(=O)[C@H](c1ccccc1)[C@H](O)C#Cc1ccc(C)cc1. The van der Waals surface area contributed by atoms with Gasteiger partial charge in [0.2, 0.25) is 0 Å². The molecule has 0 saturated heterocycles. The summed E-state index contributed by atoms with van der Waals surface area (Å²) in [7, 11) is 1.30. The van der Waals surface area contributed by atoms with Crippen molar-refractivity contribution in [1.82, 2.24) is 0 Å². The molecule has 2 aromatic carbocycles. The van der Waals surface area contributed by atoms with E-state index in [0.29, 0.717) is 5.56 Å². The third-order valence-electron chi connectivity index (χ3n) is 3.35. The summed E-state index contributed by atoms with van der Waals surface area (Å²) in [5, 5.41) is 10.3. The van der Waals surface area contributed by atoms with Gasteiger partial charge in [-0.3, -0.25) is 4.79 Å². The third kappa shape index (κ3) is 3.97. The van der Waals surface area contributed by atoms with Crippen LogP contribution in [0.25, 0.3) is 0 Å². The highest BCUT2D eigenvalue weighted by Crippen LogP contribution is 2.21. The van der Waals surface area contributed by atoms with Crippen molar-refractivity contribution in [3.05, 3.63) is 71.3 Å². The predicted octanol–water partition coefficient (Wildman–Crippen LogP) is 2.66. The molecule has 2 rings (SSSR count). The number of hydrogen-bond acceptors (Lipinski definition) is 3. The van der Waals surface area contributed by atoms with Gasteiger partial charge in [0.15, 0.2) is 0 Å². The van der Waals surface area contributed by atoms with E-state index in [9.17, 15) is 9.90 Å². The summed E-state index contributed by atoms with van der Waals surface area (Å²) < 4.78 is 4.79. The number of aliphatic hydroxyl groups is 1. The number of benzene rings is 2. The number of esters is 1. The fourth-order valence-corrected chi connectivity index (χ4v) is 2.11. The van der Waals surface area contributed by atoms with Crippen LogP contribution in [0, 0.1) is 18.8 Å². The average molecular weight is 294 g/mol. The molecule has 3 nitrogen and oxygen atoms in total. The van der Waals surface area contributed by atoms with Crippen molar-refractivity contribution in [3.8, 4) is 11.8 Å². The molecule has 0 aliphatic heterocycles. The van der Waals surface area contributed by atoms with Crippen molar-refractivity contribution in [2.75, 3.05) is 7.11 Å². The molecule has 112 valence electrons. The van der Waals surface area contributed by atoms with Crippen molar-refractivity contribution in [2.24, 2.45) is 0 Å². The maximum Gasteiger partial charge on any atom is 0.316 e. The molecule has 1 N–H and O–H groups in total. The lowest BCUT2D eigenvalue weighted by atomic mass is 9.93. The second-order valence-electron chi connectivity index (χ2n) is 4.99. The fraction of sp³-hybridized carbons (Fsp3) is 0.211. The monoisotopic (exact) mass is 294 g/mol. The van der Waals surface area contributed by atoms with Gasteiger partial charge in [0, 0.05) is 5.56 Å². The van der Waals surface area contributed by atoms with Gasteiger partial charge in [-0.25, -0.2) is 0 Å². The first-order valence-electron chi connectivity index (χ1n) is 7.01. The Kier molecular flexibility index (Phi) is 5.35. The number of ether oxygens (including phenoxy) is 1. The molecule has 0 unspecified atom stereocenters. The van der Waals surface area contributed by atoms with Gasteiger partial charge in [-0.1, -0.05) is 59.9 Å². The van der Waals surface area contributed by atoms with Crippen molar-refractivity contribution >= 4 is 5.97 Å². The highest BCUT2D eigenvalue weighted by molar-refractivity contribution is 5.79. The average Bonchev–Trinajstić information content (AvgIpc) is 2.55. The van der Waals surface area contributed by atoms with Crippen molar-refractivity contribution in [2.45, 2.75) is 18.9 Å². The molecule has 0 bridgehead atoms. The lowest BCUT2D eigenvalue weighted by Gasteiger charge is -2.17. The van der Waals surface area contributed by atoms with Gasteiger partial charge >= 0.3 is 5.97 Å². The molecule has 2 aromatic rings. The third-order valence-corrected chi connectivity index (χ3v) is 3.35. The molecule has 2 atom stereocenters. The molecule has 0 amide bonds. The van der Waals surface area contributed by atoms with E-state index in [1.54, 1.807) is 12.1 Å². The molecule has 0 aliphatic carbocycles. The van der Waals surface area contributed by atoms with E-state index in [4.69, 9.17) is 4.74 Å². The Balaban J connectivity index is 2.25. The summed E-state index contributed by atoms with van der Waals surface area (Å²) in [6.45, 7) is 1.99. The number of aliphatic hydroxyl groups excluding tert-OH is 1. The first-order valence-corrected chi connectivity index (χ1v) is 7.01. The van der Waals surface area contributed by atoms with Gasteiger partial charge in [-0.15, -0.1) is 0 Å². The van der Waals surface area contributed by atoms with Crippen LogP contribution in [0.2, 0.25) is 0 Å². The largest absolute Gasteiger partial charge is 0.468 e. The first-order chi connectivity index (χ1) is 10.6. The lowest BCUT2D eigenvalue weighted by molar-refractivity contribution is -0.144. The topological polar surface area (TPSA) is 46.5 Å². The Bertz CT molecular complexity index is 678. The maximum absolute atomic E-state index is 12.0. The Morgan fingerprint density at radius 2 is 1.73 bits per heavy atom. The van der Waals surface area contributed by atoms with Gasteiger partial charge in [0.25, 0.3) is 0 Å². The van der Waals surface area contributed by atoms with Crippen LogP contribution in [-0.4, -0.2) is 24.3 Å². The van der Waals surface area contributed by atoms with Crippen LogP contribution in [-0.2, 0) is 9.53 Å². The molecule has 0 fully saturated rings. The smallest absolute Gasteiger partial charge is 0.316 e. The Labute approximate surface area is 130 Å². The molecule has 0 spiro atoms. The molecular formula is C19H18O3. The second kappa shape index (κ2) is 7.44. The number of rotatable bonds is 3. The van der Waals surface area contributed by atoms with E-state index in [1.807, 2.05) is 49.4 Å². The van der Waals surface area contributed by atoms with Crippen molar-refractivity contribution in [3.63, 3.8) is 0 Å². The summed E-state index contributed by atoms with van der Waals surface area (Å²) in [4.78, 5) is 12.0. The summed E-state index contributed by atoms with van der Waals surface area (Å²) in [6.07, 6.45) is -1.13. The summed E-state index contributed by atoms with van der Waals surface area (Å²) in [5.41, 5.74) is 2.62. The van der Waals surface area contributed by atoms with Crippen LogP contribution in [0.4, 0.5) is 0 Å². The number of carbonyl (C=O) groups excluding carboxylic acids is 1. The Morgan fingerprint density at radius 1 is 1.09 bits per heavy atom. The predicted molar refractivity (Wildman–Crippen MR) is 85.3 cm³/mol. The molecule has 0 aromatic heterocycles. The maximum atomic E-state index is 12.0. The minimum absolute atomic E-state index is 0.503. The number of carbonyl (C=O) groups is 1. The van der Waals surface area contributed by atoms with E-state index < -0.39 is 18.0 Å². The summed E-state index contributed by atoms with van der Waals surface area (Å²) in [5.74, 6) is 4.31. The highest BCUT2D eigenvalue weighted by Gasteiger charge is 2.28. The standard InChI is InChI=1S/C19H18O3/c1-14-8-10-15(11-9-14)12-13-17(20)18(19(21)22-2)16-6-4-3-5-7-16/h3-11,17-18,20H,1-2H3/t17-,18-/m1/s1. The van der Waals surface area contributed by atoms with E-state index in [2.05, 4.69) is 11.8 Å². The van der Waals surface area contributed by atoms with Crippen LogP contribution in [0.5, 0.6) is 0 Å². The quantitative estimate of drug-likeness (QED) is 0.699. The Hall–Kier alpha value is -2.57. The van der Waals surface area contributed by atoms with E-state index in [0.717, 1.165) is 11.1 Å². The molecule has 0 aliphatic rings. The number of hydrogen-bond donors (Lipinski definition) is 1. The zero-order chi connectivity index (χ0) is 15.9. The van der Waals surface area contributed by atoms with Crippen molar-refractivity contribution < 1.29 is 14.6 Å². The second-order valence-corrected chi connectivity index (χ2v) is 4.99. The van der Waals surface area contributed by atoms with Gasteiger partial charge < -0.3 is 9.84 Å². The lowest BCUT2D eigenvalue weighted by Crippen LogP contribution is -2.26. The molecule has 22 heavy (non-hydrogen) atoms. The van der Waals surface area contributed by atoms with Gasteiger partial charge in [0.05, 0.1) is 7.11 Å². The number of methoxy groups -OCH3 is 1. The molecular weight excluding hydrogens is 276 g/mol. The minimum atomic E-state index is -1.13. The van der Waals surface area contributed by atoms with Crippen LogP contribution in [0.3, 0.4) is 0 Å². The van der Waals surface area contributed by atoms with E-state index >= 15 is 0 Å². The Morgan fingerprint density at radius 3 is 2.32 bits per heavy atom. The van der Waals surface area contributed by atoms with Crippen molar-refractivity contribution in [1.29, 1.82) is 0 Å². The van der Waals surface area contributed by atoms with Crippen LogP contribution < -0.4 is 0 Å². The van der Waals surface area contributed by atoms with E-state index in [-0.39, 0.29) is 0 Å². The highest BCUT2D eigenvalue weighted by atomic mass is 16.5. The van der Waals surface area contributed by atoms with Crippen LogP contribution >= 0.6 is 0 Å². The normalized spacial score (nSPS) is 12.7.